The number of carbonyl (C=O) groups excluding carboxylic acids is 1. The molecule has 0 aliphatic heterocycles. The zero-order valence-corrected chi connectivity index (χ0v) is 12.2. The minimum Gasteiger partial charge on any atom is -0.480 e. The Labute approximate surface area is 124 Å². The van der Waals surface area contributed by atoms with Crippen LogP contribution in [0, 0.1) is 17.0 Å². The van der Waals surface area contributed by atoms with Crippen molar-refractivity contribution in [1.29, 1.82) is 0 Å². The second-order valence-electron chi connectivity index (χ2n) is 5.30. The van der Waals surface area contributed by atoms with Crippen molar-refractivity contribution in [3.8, 4) is 0 Å². The van der Waals surface area contributed by atoms with Gasteiger partial charge in [0.1, 0.15) is 16.9 Å². The highest BCUT2D eigenvalue weighted by Gasteiger charge is 2.31. The molecule has 2 rings (SSSR count). The summed E-state index contributed by atoms with van der Waals surface area (Å²) in [5.41, 5.74) is -0.904. The number of fused-ring (bicyclic) bond motifs is 1. The van der Waals surface area contributed by atoms with E-state index in [0.717, 1.165) is 0 Å². The summed E-state index contributed by atoms with van der Waals surface area (Å²) in [6, 6.07) is 2.70. The lowest BCUT2D eigenvalue weighted by Gasteiger charge is -2.20. The summed E-state index contributed by atoms with van der Waals surface area (Å²) in [5.74, 6) is -1.86. The molecule has 22 heavy (non-hydrogen) atoms. The first-order valence-electron chi connectivity index (χ1n) is 6.32. The van der Waals surface area contributed by atoms with Crippen LogP contribution < -0.4 is 5.32 Å². The fourth-order valence-electron chi connectivity index (χ4n) is 1.93. The Morgan fingerprint density at radius 1 is 1.41 bits per heavy atom. The van der Waals surface area contributed by atoms with Crippen LogP contribution in [-0.2, 0) is 4.79 Å². The molecule has 0 spiro atoms. The van der Waals surface area contributed by atoms with Crippen LogP contribution in [0.3, 0.4) is 0 Å². The number of amides is 1. The Morgan fingerprint density at radius 2 is 2.05 bits per heavy atom. The third-order valence-corrected chi connectivity index (χ3v) is 3.16. The van der Waals surface area contributed by atoms with E-state index in [2.05, 4.69) is 10.3 Å². The van der Waals surface area contributed by atoms with Crippen molar-refractivity contribution in [2.45, 2.75) is 26.3 Å². The predicted octanol–water partition coefficient (Wildman–Crippen LogP) is 1.14. The van der Waals surface area contributed by atoms with Crippen LogP contribution >= 0.6 is 0 Å². The summed E-state index contributed by atoms with van der Waals surface area (Å²) in [6.07, 6.45) is 1.18. The van der Waals surface area contributed by atoms with E-state index in [1.54, 1.807) is 6.92 Å². The predicted molar refractivity (Wildman–Crippen MR) is 75.8 cm³/mol. The number of carbonyl (C=O) groups is 2. The normalized spacial score (nSPS) is 11.4. The van der Waals surface area contributed by atoms with E-state index in [-0.39, 0.29) is 11.4 Å². The molecule has 0 fully saturated rings. The number of aromatic nitrogens is 2. The van der Waals surface area contributed by atoms with Crippen molar-refractivity contribution in [2.75, 3.05) is 0 Å². The van der Waals surface area contributed by atoms with Crippen molar-refractivity contribution in [3.63, 3.8) is 0 Å². The number of nitro groups is 1. The average molecular weight is 306 g/mol. The number of rotatable bonds is 4. The number of carboxylic acid groups (broad SMARTS) is 1. The number of imidazole rings is 1. The van der Waals surface area contributed by atoms with Crippen LogP contribution in [0.5, 0.6) is 0 Å². The first kappa shape index (κ1) is 15.4. The van der Waals surface area contributed by atoms with Gasteiger partial charge in [-0.1, -0.05) is 0 Å². The van der Waals surface area contributed by atoms with E-state index in [0.29, 0.717) is 11.3 Å². The molecule has 9 heteroatoms. The molecular weight excluding hydrogens is 292 g/mol. The van der Waals surface area contributed by atoms with E-state index in [1.807, 2.05) is 0 Å². The van der Waals surface area contributed by atoms with E-state index >= 15 is 0 Å². The Morgan fingerprint density at radius 3 is 2.59 bits per heavy atom. The summed E-state index contributed by atoms with van der Waals surface area (Å²) in [7, 11) is 0. The molecule has 0 bridgehead atoms. The quantitative estimate of drug-likeness (QED) is 0.644. The van der Waals surface area contributed by atoms with Gasteiger partial charge in [0.15, 0.2) is 0 Å². The molecule has 2 heterocycles. The van der Waals surface area contributed by atoms with Crippen molar-refractivity contribution < 1.29 is 19.6 Å². The average Bonchev–Trinajstić information content (AvgIpc) is 2.72. The lowest BCUT2D eigenvalue weighted by atomic mass is 10.1. The number of aliphatic carboxylic acids is 1. The summed E-state index contributed by atoms with van der Waals surface area (Å²) in [5, 5.41) is 22.3. The number of nitrogens with zero attached hydrogens (tertiary/aromatic N) is 3. The van der Waals surface area contributed by atoms with Gasteiger partial charge in [-0.25, -0.2) is 9.78 Å². The van der Waals surface area contributed by atoms with Gasteiger partial charge in [-0.15, -0.1) is 0 Å². The van der Waals surface area contributed by atoms with E-state index in [4.69, 9.17) is 5.11 Å². The van der Waals surface area contributed by atoms with Crippen LogP contribution in [-0.4, -0.2) is 36.8 Å². The fourth-order valence-corrected chi connectivity index (χ4v) is 1.93. The number of pyridine rings is 1. The molecule has 0 radical (unpaired) electrons. The van der Waals surface area contributed by atoms with Gasteiger partial charge in [-0.2, -0.15) is 0 Å². The van der Waals surface area contributed by atoms with Crippen molar-refractivity contribution in [1.82, 2.24) is 14.7 Å². The fraction of sp³-hybridized carbons (Fsp3) is 0.308. The van der Waals surface area contributed by atoms with Crippen molar-refractivity contribution >= 4 is 23.2 Å². The highest BCUT2D eigenvalue weighted by Crippen LogP contribution is 2.18. The Hall–Kier alpha value is -2.97. The topological polar surface area (TPSA) is 127 Å². The van der Waals surface area contributed by atoms with Gasteiger partial charge < -0.3 is 10.4 Å². The van der Waals surface area contributed by atoms with Gasteiger partial charge in [0.05, 0.1) is 16.8 Å². The van der Waals surface area contributed by atoms with Crippen LogP contribution in [0.25, 0.3) is 5.65 Å². The second kappa shape index (κ2) is 5.10. The molecule has 0 atom stereocenters. The number of carboxylic acids is 1. The summed E-state index contributed by atoms with van der Waals surface area (Å²) >= 11 is 0. The molecule has 0 saturated heterocycles. The summed E-state index contributed by atoms with van der Waals surface area (Å²) in [6.45, 7) is 4.25. The van der Waals surface area contributed by atoms with Crippen LogP contribution in [0.4, 0.5) is 5.69 Å². The summed E-state index contributed by atoms with van der Waals surface area (Å²) < 4.78 is 1.28. The van der Waals surface area contributed by atoms with E-state index in [9.17, 15) is 19.7 Å². The minimum atomic E-state index is -1.48. The molecule has 0 aliphatic rings. The van der Waals surface area contributed by atoms with Crippen molar-refractivity contribution in [2.24, 2.45) is 0 Å². The van der Waals surface area contributed by atoms with E-state index in [1.165, 1.54) is 36.6 Å². The maximum absolute atomic E-state index is 12.3. The van der Waals surface area contributed by atoms with Crippen LogP contribution in [0.15, 0.2) is 18.3 Å². The molecule has 0 aromatic carbocycles. The summed E-state index contributed by atoms with van der Waals surface area (Å²) in [4.78, 5) is 37.8. The number of hydrogen-bond acceptors (Lipinski definition) is 5. The van der Waals surface area contributed by atoms with Gasteiger partial charge >= 0.3 is 5.97 Å². The Kier molecular flexibility index (Phi) is 3.57. The molecule has 1 amide bonds. The molecule has 0 unspecified atom stereocenters. The first-order valence-corrected chi connectivity index (χ1v) is 6.32. The second-order valence-corrected chi connectivity index (χ2v) is 5.30. The highest BCUT2D eigenvalue weighted by atomic mass is 16.6. The molecule has 9 nitrogen and oxygen atoms in total. The van der Waals surface area contributed by atoms with Gasteiger partial charge in [-0.3, -0.25) is 19.3 Å². The maximum Gasteiger partial charge on any atom is 0.328 e. The molecule has 0 saturated carbocycles. The van der Waals surface area contributed by atoms with Crippen LogP contribution in [0.2, 0.25) is 0 Å². The molecule has 0 aliphatic carbocycles. The molecule has 116 valence electrons. The number of nitrogens with one attached hydrogen (secondary N) is 1. The minimum absolute atomic E-state index is 0.0630. The van der Waals surface area contributed by atoms with Gasteiger partial charge in [-0.05, 0) is 26.8 Å². The molecule has 2 aromatic rings. The first-order chi connectivity index (χ1) is 10.1. The zero-order valence-electron chi connectivity index (χ0n) is 12.2. The van der Waals surface area contributed by atoms with Gasteiger partial charge in [0, 0.05) is 6.07 Å². The Balaban J connectivity index is 2.52. The largest absolute Gasteiger partial charge is 0.480 e. The maximum atomic E-state index is 12.3. The van der Waals surface area contributed by atoms with Crippen LogP contribution in [0.1, 0.15) is 30.0 Å². The monoisotopic (exact) mass is 306 g/mol. The Bertz CT molecular complexity index is 793. The third kappa shape index (κ3) is 2.60. The van der Waals surface area contributed by atoms with Gasteiger partial charge in [0.2, 0.25) is 0 Å². The van der Waals surface area contributed by atoms with Gasteiger partial charge in [0.25, 0.3) is 11.6 Å². The number of hydrogen-bond donors (Lipinski definition) is 2. The SMILES string of the molecule is Cc1nc2ccc([N+](=O)[O-])cn2c1C(=O)NC(C)(C)C(=O)O. The zero-order chi connectivity index (χ0) is 16.7. The lowest BCUT2D eigenvalue weighted by molar-refractivity contribution is -0.385. The van der Waals surface area contributed by atoms with Crippen molar-refractivity contribution in [3.05, 3.63) is 39.8 Å². The highest BCUT2D eigenvalue weighted by molar-refractivity contribution is 5.98. The molecule has 2 N–H and O–H groups in total. The molecular formula is C13H14N4O5. The number of aryl methyl sites for hydroxylation is 1. The smallest absolute Gasteiger partial charge is 0.328 e. The lowest BCUT2D eigenvalue weighted by Crippen LogP contribution is -2.50. The third-order valence-electron chi connectivity index (χ3n) is 3.16. The van der Waals surface area contributed by atoms with E-state index < -0.39 is 22.3 Å². The molecule has 2 aromatic heterocycles. The standard InChI is InChI=1S/C13H14N4O5/c1-7-10(11(18)15-13(2,3)12(19)20)16-6-8(17(21)22)4-5-9(16)14-7/h4-6H,1-3H3,(H,15,18)(H,19,20).